The van der Waals surface area contributed by atoms with E-state index in [1.807, 2.05) is 26.0 Å². The van der Waals surface area contributed by atoms with E-state index >= 15 is 0 Å². The van der Waals surface area contributed by atoms with E-state index in [0.717, 1.165) is 0 Å². The first kappa shape index (κ1) is 11.9. The van der Waals surface area contributed by atoms with E-state index < -0.39 is 11.0 Å². The molecule has 0 aliphatic heterocycles. The summed E-state index contributed by atoms with van der Waals surface area (Å²) in [6.45, 7) is 3.98. The maximum Gasteiger partial charge on any atom is 0.175 e. The average molecular weight is 225 g/mol. The molecule has 0 fully saturated rings. The van der Waals surface area contributed by atoms with Crippen molar-refractivity contribution in [2.75, 3.05) is 7.11 Å². The molecule has 4 heteroatoms. The quantitative estimate of drug-likeness (QED) is 0.738. The van der Waals surface area contributed by atoms with Crippen LogP contribution in [0.3, 0.4) is 0 Å². The molecule has 0 saturated heterocycles. The molecule has 0 heterocycles. The SMILES string of the molecule is COc1ccccc1S(=O)/N=C/C(C)C. The fourth-order valence-electron chi connectivity index (χ4n) is 0.997. The zero-order chi connectivity index (χ0) is 11.3. The van der Waals surface area contributed by atoms with Gasteiger partial charge < -0.3 is 4.74 Å². The summed E-state index contributed by atoms with van der Waals surface area (Å²) in [5, 5.41) is 0. The predicted molar refractivity (Wildman–Crippen MR) is 62.7 cm³/mol. The summed E-state index contributed by atoms with van der Waals surface area (Å²) < 4.78 is 20.8. The van der Waals surface area contributed by atoms with Crippen molar-refractivity contribution in [1.82, 2.24) is 0 Å². The summed E-state index contributed by atoms with van der Waals surface area (Å²) in [5.41, 5.74) is 0. The average Bonchev–Trinajstić information content (AvgIpc) is 2.25. The van der Waals surface area contributed by atoms with Crippen molar-refractivity contribution in [3.63, 3.8) is 0 Å². The Balaban J connectivity index is 2.91. The van der Waals surface area contributed by atoms with Crippen LogP contribution in [-0.2, 0) is 11.0 Å². The summed E-state index contributed by atoms with van der Waals surface area (Å²) in [4.78, 5) is 0.608. The first-order chi connectivity index (χ1) is 7.15. The highest BCUT2D eigenvalue weighted by molar-refractivity contribution is 7.84. The van der Waals surface area contributed by atoms with Gasteiger partial charge >= 0.3 is 0 Å². The van der Waals surface area contributed by atoms with Crippen LogP contribution in [0.2, 0.25) is 0 Å². The lowest BCUT2D eigenvalue weighted by molar-refractivity contribution is 0.404. The van der Waals surface area contributed by atoms with E-state index in [-0.39, 0.29) is 0 Å². The Morgan fingerprint density at radius 1 is 1.40 bits per heavy atom. The summed E-state index contributed by atoms with van der Waals surface area (Å²) in [7, 11) is 0.187. The molecule has 0 aliphatic rings. The lowest BCUT2D eigenvalue weighted by Crippen LogP contribution is -1.95. The van der Waals surface area contributed by atoms with Gasteiger partial charge in [-0.2, -0.15) is 4.40 Å². The second kappa shape index (κ2) is 5.66. The first-order valence-corrected chi connectivity index (χ1v) is 5.85. The molecule has 0 aliphatic carbocycles. The third-order valence-corrected chi connectivity index (χ3v) is 2.74. The topological polar surface area (TPSA) is 38.7 Å². The molecular weight excluding hydrogens is 210 g/mol. The molecule has 1 unspecified atom stereocenters. The molecule has 0 bridgehead atoms. The lowest BCUT2D eigenvalue weighted by Gasteiger charge is -2.04. The van der Waals surface area contributed by atoms with Crippen LogP contribution in [0.4, 0.5) is 0 Å². The molecule has 1 aromatic carbocycles. The predicted octanol–water partition coefficient (Wildman–Crippen LogP) is 2.44. The molecule has 1 aromatic rings. The minimum atomic E-state index is -1.37. The van der Waals surface area contributed by atoms with Gasteiger partial charge in [0.1, 0.15) is 10.6 Å². The minimum absolute atomic E-state index is 0.295. The number of hydrogen-bond donors (Lipinski definition) is 0. The molecule has 0 amide bonds. The highest BCUT2D eigenvalue weighted by Crippen LogP contribution is 2.21. The number of hydrogen-bond acceptors (Lipinski definition) is 2. The van der Waals surface area contributed by atoms with Crippen LogP contribution in [-0.4, -0.2) is 17.5 Å². The fraction of sp³-hybridized carbons (Fsp3) is 0.364. The Bertz CT molecular complexity index is 375. The zero-order valence-corrected chi connectivity index (χ0v) is 9.95. The molecule has 0 radical (unpaired) electrons. The van der Waals surface area contributed by atoms with Gasteiger partial charge in [-0.05, 0) is 18.1 Å². The Kier molecular flexibility index (Phi) is 4.49. The molecule has 1 atom stereocenters. The third-order valence-electron chi connectivity index (χ3n) is 1.71. The Morgan fingerprint density at radius 2 is 2.07 bits per heavy atom. The van der Waals surface area contributed by atoms with Gasteiger partial charge in [0.25, 0.3) is 0 Å². The van der Waals surface area contributed by atoms with Crippen LogP contribution >= 0.6 is 0 Å². The fourth-order valence-corrected chi connectivity index (χ4v) is 1.98. The maximum absolute atomic E-state index is 11.8. The van der Waals surface area contributed by atoms with Crippen molar-refractivity contribution in [3.8, 4) is 5.75 Å². The van der Waals surface area contributed by atoms with Gasteiger partial charge in [-0.3, -0.25) is 0 Å². The molecule has 15 heavy (non-hydrogen) atoms. The van der Waals surface area contributed by atoms with Crippen molar-refractivity contribution in [2.24, 2.45) is 10.3 Å². The minimum Gasteiger partial charge on any atom is -0.495 e. The highest BCUT2D eigenvalue weighted by atomic mass is 32.2. The van der Waals surface area contributed by atoms with Crippen molar-refractivity contribution in [1.29, 1.82) is 0 Å². The highest BCUT2D eigenvalue weighted by Gasteiger charge is 2.07. The number of benzene rings is 1. The third kappa shape index (κ3) is 3.47. The van der Waals surface area contributed by atoms with Crippen LogP contribution in [0.1, 0.15) is 13.8 Å². The first-order valence-electron chi connectivity index (χ1n) is 4.74. The summed E-state index contributed by atoms with van der Waals surface area (Å²) in [6, 6.07) is 7.19. The Hall–Kier alpha value is -1.16. The van der Waals surface area contributed by atoms with Crippen LogP contribution in [0.5, 0.6) is 5.75 Å². The number of ether oxygens (including phenoxy) is 1. The van der Waals surface area contributed by atoms with Gasteiger partial charge in [0, 0.05) is 6.21 Å². The van der Waals surface area contributed by atoms with E-state index in [1.54, 1.807) is 25.5 Å². The summed E-state index contributed by atoms with van der Waals surface area (Å²) in [5.74, 6) is 0.903. The monoisotopic (exact) mass is 225 g/mol. The van der Waals surface area contributed by atoms with E-state index in [1.165, 1.54) is 0 Å². The molecule has 0 N–H and O–H groups in total. The van der Waals surface area contributed by atoms with Gasteiger partial charge in [0.15, 0.2) is 11.0 Å². The summed E-state index contributed by atoms with van der Waals surface area (Å²) >= 11 is 0. The number of para-hydroxylation sites is 1. The van der Waals surface area contributed by atoms with Crippen LogP contribution < -0.4 is 4.74 Å². The van der Waals surface area contributed by atoms with E-state index in [4.69, 9.17) is 4.74 Å². The van der Waals surface area contributed by atoms with E-state index in [2.05, 4.69) is 4.40 Å². The Morgan fingerprint density at radius 3 is 2.67 bits per heavy atom. The molecule has 3 nitrogen and oxygen atoms in total. The second-order valence-electron chi connectivity index (χ2n) is 3.40. The summed E-state index contributed by atoms with van der Waals surface area (Å²) in [6.07, 6.45) is 1.68. The number of rotatable bonds is 4. The zero-order valence-electron chi connectivity index (χ0n) is 9.14. The van der Waals surface area contributed by atoms with Gasteiger partial charge in [-0.1, -0.05) is 26.0 Å². The second-order valence-corrected chi connectivity index (χ2v) is 4.55. The van der Waals surface area contributed by atoms with Gasteiger partial charge in [-0.15, -0.1) is 0 Å². The largest absolute Gasteiger partial charge is 0.495 e. The molecular formula is C11H15NO2S. The number of methoxy groups -OCH3 is 1. The van der Waals surface area contributed by atoms with Gasteiger partial charge in [0.2, 0.25) is 0 Å². The molecule has 1 rings (SSSR count). The van der Waals surface area contributed by atoms with E-state index in [9.17, 15) is 4.21 Å². The molecule has 0 spiro atoms. The van der Waals surface area contributed by atoms with Crippen LogP contribution in [0, 0.1) is 5.92 Å². The molecule has 0 saturated carbocycles. The van der Waals surface area contributed by atoms with Crippen LogP contribution in [0.15, 0.2) is 33.6 Å². The smallest absolute Gasteiger partial charge is 0.175 e. The van der Waals surface area contributed by atoms with Crippen molar-refractivity contribution in [2.45, 2.75) is 18.7 Å². The van der Waals surface area contributed by atoms with Gasteiger partial charge in [-0.25, -0.2) is 4.21 Å². The van der Waals surface area contributed by atoms with Gasteiger partial charge in [0.05, 0.1) is 7.11 Å². The molecule has 0 aromatic heterocycles. The van der Waals surface area contributed by atoms with Crippen molar-refractivity contribution < 1.29 is 8.95 Å². The van der Waals surface area contributed by atoms with E-state index in [0.29, 0.717) is 16.6 Å². The van der Waals surface area contributed by atoms with Crippen molar-refractivity contribution >= 4 is 17.2 Å². The normalized spacial score (nSPS) is 13.3. The Labute approximate surface area is 92.8 Å². The lowest BCUT2D eigenvalue weighted by atomic mass is 10.3. The van der Waals surface area contributed by atoms with Crippen molar-refractivity contribution in [3.05, 3.63) is 24.3 Å². The number of nitrogens with zero attached hydrogens (tertiary/aromatic N) is 1. The molecule has 82 valence electrons. The van der Waals surface area contributed by atoms with Crippen LogP contribution in [0.25, 0.3) is 0 Å². The standard InChI is InChI=1S/C11H15NO2S/c1-9(2)8-12-15(13)11-7-5-4-6-10(11)14-3/h4-9H,1-3H3/b12-8+. The maximum atomic E-state index is 11.8.